The molecule has 7 nitrogen and oxygen atoms in total. The van der Waals surface area contributed by atoms with Gasteiger partial charge in [-0.05, 0) is 19.1 Å². The van der Waals surface area contributed by atoms with Gasteiger partial charge in [0.25, 0.3) is 0 Å². The zero-order valence-electron chi connectivity index (χ0n) is 9.98. The molecule has 1 aromatic heterocycles. The molecule has 0 saturated carbocycles. The predicted molar refractivity (Wildman–Crippen MR) is 65.7 cm³/mol. The highest BCUT2D eigenvalue weighted by Gasteiger charge is 2.30. The van der Waals surface area contributed by atoms with Gasteiger partial charge in [-0.25, -0.2) is 4.98 Å². The van der Waals surface area contributed by atoms with Crippen molar-refractivity contribution in [1.29, 1.82) is 0 Å². The lowest BCUT2D eigenvalue weighted by Crippen LogP contribution is -2.23. The second kappa shape index (κ2) is 4.79. The molecule has 5 N–H and O–H groups in total. The molecule has 18 heavy (non-hydrogen) atoms. The molecule has 2 unspecified atom stereocenters. The van der Waals surface area contributed by atoms with Gasteiger partial charge in [-0.15, -0.1) is 0 Å². The van der Waals surface area contributed by atoms with Crippen molar-refractivity contribution in [3.05, 3.63) is 23.4 Å². The van der Waals surface area contributed by atoms with Gasteiger partial charge < -0.3 is 26.1 Å². The van der Waals surface area contributed by atoms with E-state index in [1.807, 2.05) is 0 Å². The number of aliphatic hydroxyl groups excluding tert-OH is 2. The number of aliphatic hydroxyl groups is 2. The van der Waals surface area contributed by atoms with Crippen molar-refractivity contribution >= 4 is 11.7 Å². The Kier molecular flexibility index (Phi) is 3.35. The second-order valence-electron chi connectivity index (χ2n) is 4.38. The molecule has 1 aromatic rings. The maximum absolute atomic E-state index is 9.52. The minimum absolute atomic E-state index is 0.00189. The van der Waals surface area contributed by atoms with E-state index in [4.69, 9.17) is 10.9 Å². The van der Waals surface area contributed by atoms with E-state index in [1.165, 1.54) is 0 Å². The van der Waals surface area contributed by atoms with Crippen LogP contribution in [0.1, 0.15) is 11.3 Å². The Morgan fingerprint density at radius 3 is 2.56 bits per heavy atom. The number of pyridine rings is 1. The van der Waals surface area contributed by atoms with Gasteiger partial charge >= 0.3 is 0 Å². The average Bonchev–Trinajstić information content (AvgIpc) is 2.68. The van der Waals surface area contributed by atoms with E-state index in [0.717, 1.165) is 0 Å². The molecule has 1 saturated heterocycles. The fourth-order valence-corrected chi connectivity index (χ4v) is 1.98. The fourth-order valence-electron chi connectivity index (χ4n) is 1.98. The molecule has 1 aliphatic rings. The van der Waals surface area contributed by atoms with Crippen LogP contribution in [-0.4, -0.2) is 51.5 Å². The van der Waals surface area contributed by atoms with E-state index in [2.05, 4.69) is 10.1 Å². The Morgan fingerprint density at radius 1 is 1.39 bits per heavy atom. The number of hydrogen-bond donors (Lipinski definition) is 4. The van der Waals surface area contributed by atoms with Crippen LogP contribution in [0.5, 0.6) is 0 Å². The third-order valence-corrected chi connectivity index (χ3v) is 2.93. The van der Waals surface area contributed by atoms with Gasteiger partial charge in [-0.1, -0.05) is 5.16 Å². The predicted octanol–water partition coefficient (Wildman–Crippen LogP) is -0.974. The lowest BCUT2D eigenvalue weighted by atomic mass is 10.2. The Labute approximate surface area is 104 Å². The van der Waals surface area contributed by atoms with Gasteiger partial charge in [0.2, 0.25) is 0 Å². The first-order valence-corrected chi connectivity index (χ1v) is 5.59. The first-order valence-electron chi connectivity index (χ1n) is 5.59. The lowest BCUT2D eigenvalue weighted by molar-refractivity contribution is 0.0572. The molecule has 1 aliphatic heterocycles. The quantitative estimate of drug-likeness (QED) is 0.233. The van der Waals surface area contributed by atoms with Crippen LogP contribution in [0, 0.1) is 6.92 Å². The van der Waals surface area contributed by atoms with Crippen molar-refractivity contribution in [3.63, 3.8) is 0 Å². The maximum Gasteiger partial charge on any atom is 0.170 e. The monoisotopic (exact) mass is 252 g/mol. The molecule has 7 heteroatoms. The SMILES string of the molecule is Cc1cc(/C(N)=N/O)cc(N2CC(O)C(O)C2)n1. The summed E-state index contributed by atoms with van der Waals surface area (Å²) in [4.78, 5) is 6.07. The van der Waals surface area contributed by atoms with Crippen LogP contribution < -0.4 is 10.6 Å². The highest BCUT2D eigenvalue weighted by Crippen LogP contribution is 2.20. The van der Waals surface area contributed by atoms with Crippen LogP contribution in [0.2, 0.25) is 0 Å². The number of nitrogens with zero attached hydrogens (tertiary/aromatic N) is 3. The van der Waals surface area contributed by atoms with Crippen molar-refractivity contribution in [2.24, 2.45) is 10.9 Å². The zero-order chi connectivity index (χ0) is 13.3. The molecule has 0 aromatic carbocycles. The van der Waals surface area contributed by atoms with E-state index in [0.29, 0.717) is 30.2 Å². The molecular formula is C11H16N4O3. The summed E-state index contributed by atoms with van der Waals surface area (Å²) in [5, 5.41) is 30.6. The van der Waals surface area contributed by atoms with Crippen LogP contribution in [0.25, 0.3) is 0 Å². The van der Waals surface area contributed by atoms with Crippen LogP contribution in [0.4, 0.5) is 5.82 Å². The van der Waals surface area contributed by atoms with Gasteiger partial charge in [-0.2, -0.15) is 0 Å². The molecule has 0 bridgehead atoms. The van der Waals surface area contributed by atoms with Crippen LogP contribution in [-0.2, 0) is 0 Å². The number of amidine groups is 1. The van der Waals surface area contributed by atoms with Crippen LogP contribution in [0.3, 0.4) is 0 Å². The number of anilines is 1. The van der Waals surface area contributed by atoms with Crippen molar-refractivity contribution in [3.8, 4) is 0 Å². The minimum atomic E-state index is -0.778. The van der Waals surface area contributed by atoms with E-state index in [1.54, 1.807) is 24.0 Å². The number of hydrogen-bond acceptors (Lipinski definition) is 6. The van der Waals surface area contributed by atoms with Gasteiger partial charge in [0, 0.05) is 24.3 Å². The Morgan fingerprint density at radius 2 is 2.00 bits per heavy atom. The molecule has 2 rings (SSSR count). The van der Waals surface area contributed by atoms with Gasteiger partial charge in [-0.3, -0.25) is 0 Å². The second-order valence-corrected chi connectivity index (χ2v) is 4.38. The number of aromatic nitrogens is 1. The van der Waals surface area contributed by atoms with Crippen molar-refractivity contribution in [1.82, 2.24) is 4.98 Å². The fraction of sp³-hybridized carbons (Fsp3) is 0.455. The summed E-state index contributed by atoms with van der Waals surface area (Å²) >= 11 is 0. The average molecular weight is 252 g/mol. The summed E-state index contributed by atoms with van der Waals surface area (Å²) in [7, 11) is 0. The topological polar surface area (TPSA) is 115 Å². The maximum atomic E-state index is 9.52. The van der Waals surface area contributed by atoms with Crippen LogP contribution in [0.15, 0.2) is 17.3 Å². The number of nitrogens with two attached hydrogens (primary N) is 1. The van der Waals surface area contributed by atoms with E-state index in [9.17, 15) is 10.2 Å². The molecule has 0 aliphatic carbocycles. The molecule has 0 spiro atoms. The highest BCUT2D eigenvalue weighted by atomic mass is 16.4. The number of rotatable bonds is 2. The highest BCUT2D eigenvalue weighted by molar-refractivity contribution is 5.97. The molecule has 0 radical (unpaired) electrons. The lowest BCUT2D eigenvalue weighted by Gasteiger charge is -2.17. The normalized spacial score (nSPS) is 24.6. The summed E-state index contributed by atoms with van der Waals surface area (Å²) < 4.78 is 0. The molecular weight excluding hydrogens is 236 g/mol. The first kappa shape index (κ1) is 12.6. The molecule has 2 atom stereocenters. The van der Waals surface area contributed by atoms with Gasteiger partial charge in [0.05, 0.1) is 12.2 Å². The van der Waals surface area contributed by atoms with E-state index in [-0.39, 0.29) is 5.84 Å². The largest absolute Gasteiger partial charge is 0.409 e. The van der Waals surface area contributed by atoms with Crippen molar-refractivity contribution < 1.29 is 15.4 Å². The van der Waals surface area contributed by atoms with Crippen molar-refractivity contribution in [2.75, 3.05) is 18.0 Å². The van der Waals surface area contributed by atoms with E-state index >= 15 is 0 Å². The summed E-state index contributed by atoms with van der Waals surface area (Å²) in [6.45, 7) is 2.42. The molecule has 98 valence electrons. The summed E-state index contributed by atoms with van der Waals surface area (Å²) in [5.74, 6) is 0.592. The number of oxime groups is 1. The molecule has 2 heterocycles. The Bertz CT molecular complexity index is 467. The Balaban J connectivity index is 2.32. The first-order chi connectivity index (χ1) is 8.51. The van der Waals surface area contributed by atoms with Crippen LogP contribution >= 0.6 is 0 Å². The summed E-state index contributed by atoms with van der Waals surface area (Å²) in [6, 6.07) is 3.36. The van der Waals surface area contributed by atoms with E-state index < -0.39 is 12.2 Å². The smallest absolute Gasteiger partial charge is 0.170 e. The minimum Gasteiger partial charge on any atom is -0.409 e. The summed E-state index contributed by atoms with van der Waals surface area (Å²) in [5.41, 5.74) is 6.80. The standard InChI is InChI=1S/C11H16N4O3/c1-6-2-7(11(12)14-18)3-10(13-6)15-4-8(16)9(17)5-15/h2-3,8-9,16-18H,4-5H2,1H3,(H2,12,14). The third kappa shape index (κ3) is 2.36. The number of β-amino-alcohol motifs (C(OH)–C–C–N with tert-alkyl or cyclic N) is 2. The van der Waals surface area contributed by atoms with Gasteiger partial charge in [0.1, 0.15) is 5.82 Å². The van der Waals surface area contributed by atoms with Crippen molar-refractivity contribution in [2.45, 2.75) is 19.1 Å². The number of aryl methyl sites for hydroxylation is 1. The summed E-state index contributed by atoms with van der Waals surface area (Å²) in [6.07, 6.45) is -1.56. The van der Waals surface area contributed by atoms with Gasteiger partial charge in [0.15, 0.2) is 5.84 Å². The third-order valence-electron chi connectivity index (χ3n) is 2.93. The molecule has 0 amide bonds. The zero-order valence-corrected chi connectivity index (χ0v) is 9.98. The Hall–Kier alpha value is -1.86. The molecule has 1 fully saturated rings.